The maximum absolute atomic E-state index is 13.3. The van der Waals surface area contributed by atoms with Crippen LogP contribution in [0.4, 0.5) is 28.9 Å². The van der Waals surface area contributed by atoms with Crippen molar-refractivity contribution in [3.8, 4) is 0 Å². The highest BCUT2D eigenvalue weighted by Gasteiger charge is 2.33. The minimum absolute atomic E-state index is 0.182. The SMILES string of the molecule is O=C(CNc1ccc(C(F)(F)F)cc1[N+](=O)[O-])NC[C@H](c1ccc(F)cc1)N1CCOCC1. The lowest BCUT2D eigenvalue weighted by Crippen LogP contribution is -2.44. The molecular weight excluding hydrogens is 448 g/mol. The van der Waals surface area contributed by atoms with Crippen LogP contribution < -0.4 is 10.6 Å². The van der Waals surface area contributed by atoms with Gasteiger partial charge in [0, 0.05) is 25.7 Å². The summed E-state index contributed by atoms with van der Waals surface area (Å²) < 4.78 is 57.2. The summed E-state index contributed by atoms with van der Waals surface area (Å²) in [5.74, 6) is -0.893. The number of halogens is 4. The Labute approximate surface area is 186 Å². The normalized spacial score (nSPS) is 15.6. The number of nitro benzene ring substituents is 1. The zero-order chi connectivity index (χ0) is 24.0. The van der Waals surface area contributed by atoms with E-state index < -0.39 is 28.3 Å². The van der Waals surface area contributed by atoms with E-state index in [1.165, 1.54) is 12.1 Å². The van der Waals surface area contributed by atoms with E-state index in [4.69, 9.17) is 4.74 Å². The van der Waals surface area contributed by atoms with Gasteiger partial charge in [-0.15, -0.1) is 0 Å². The zero-order valence-electron chi connectivity index (χ0n) is 17.4. The summed E-state index contributed by atoms with van der Waals surface area (Å²) in [6, 6.07) is 7.71. The molecule has 1 fully saturated rings. The topological polar surface area (TPSA) is 96.7 Å². The maximum atomic E-state index is 13.3. The average Bonchev–Trinajstić information content (AvgIpc) is 2.79. The number of nitrogens with one attached hydrogen (secondary N) is 2. The van der Waals surface area contributed by atoms with Crippen LogP contribution in [0, 0.1) is 15.9 Å². The lowest BCUT2D eigenvalue weighted by atomic mass is 10.0. The van der Waals surface area contributed by atoms with Gasteiger partial charge in [-0.3, -0.25) is 19.8 Å². The summed E-state index contributed by atoms with van der Waals surface area (Å²) in [7, 11) is 0. The highest BCUT2D eigenvalue weighted by atomic mass is 19.4. The van der Waals surface area contributed by atoms with Gasteiger partial charge in [0.05, 0.1) is 36.3 Å². The number of nitro groups is 1. The van der Waals surface area contributed by atoms with Gasteiger partial charge in [0.15, 0.2) is 0 Å². The van der Waals surface area contributed by atoms with Crippen LogP contribution in [0.2, 0.25) is 0 Å². The van der Waals surface area contributed by atoms with E-state index in [0.29, 0.717) is 38.4 Å². The van der Waals surface area contributed by atoms with Crippen LogP contribution in [0.1, 0.15) is 17.2 Å². The molecule has 1 atom stereocenters. The summed E-state index contributed by atoms with van der Waals surface area (Å²) in [6.45, 7) is 2.07. The molecule has 0 aliphatic carbocycles. The van der Waals surface area contributed by atoms with E-state index >= 15 is 0 Å². The molecule has 1 aliphatic rings. The third kappa shape index (κ3) is 6.62. The van der Waals surface area contributed by atoms with Crippen molar-refractivity contribution in [2.24, 2.45) is 0 Å². The van der Waals surface area contributed by atoms with E-state index in [2.05, 4.69) is 15.5 Å². The molecule has 1 aliphatic heterocycles. The summed E-state index contributed by atoms with van der Waals surface area (Å²) in [5, 5.41) is 16.4. The van der Waals surface area contributed by atoms with Gasteiger partial charge in [-0.1, -0.05) is 12.1 Å². The molecule has 0 aromatic heterocycles. The van der Waals surface area contributed by atoms with Crippen molar-refractivity contribution in [2.45, 2.75) is 12.2 Å². The Hall–Kier alpha value is -3.25. The molecule has 1 amide bonds. The predicted molar refractivity (Wildman–Crippen MR) is 111 cm³/mol. The second-order valence-electron chi connectivity index (χ2n) is 7.36. The van der Waals surface area contributed by atoms with Gasteiger partial charge in [-0.2, -0.15) is 13.2 Å². The maximum Gasteiger partial charge on any atom is 0.416 e. The number of hydrogen-bond donors (Lipinski definition) is 2. The first-order valence-electron chi connectivity index (χ1n) is 10.1. The first-order chi connectivity index (χ1) is 15.6. The zero-order valence-corrected chi connectivity index (χ0v) is 17.4. The molecule has 0 saturated carbocycles. The number of amides is 1. The minimum Gasteiger partial charge on any atom is -0.379 e. The van der Waals surface area contributed by atoms with E-state index in [1.807, 2.05) is 0 Å². The smallest absolute Gasteiger partial charge is 0.379 e. The molecule has 0 bridgehead atoms. The first kappa shape index (κ1) is 24.4. The Morgan fingerprint density at radius 2 is 1.82 bits per heavy atom. The molecule has 1 heterocycles. The second kappa shape index (κ2) is 10.6. The largest absolute Gasteiger partial charge is 0.416 e. The third-order valence-corrected chi connectivity index (χ3v) is 5.19. The Morgan fingerprint density at radius 1 is 1.15 bits per heavy atom. The Balaban J connectivity index is 1.64. The number of nitrogens with zero attached hydrogens (tertiary/aromatic N) is 2. The van der Waals surface area contributed by atoms with Crippen molar-refractivity contribution in [1.82, 2.24) is 10.2 Å². The molecule has 1 saturated heterocycles. The van der Waals surface area contributed by atoms with Gasteiger partial charge in [0.25, 0.3) is 5.69 Å². The molecule has 0 unspecified atom stereocenters. The molecule has 12 heteroatoms. The van der Waals surface area contributed by atoms with Crippen LogP contribution in [0.15, 0.2) is 42.5 Å². The second-order valence-corrected chi connectivity index (χ2v) is 7.36. The van der Waals surface area contributed by atoms with Crippen LogP contribution in [-0.4, -0.2) is 55.1 Å². The van der Waals surface area contributed by atoms with Crippen LogP contribution in [0.3, 0.4) is 0 Å². The quantitative estimate of drug-likeness (QED) is 0.349. The average molecular weight is 470 g/mol. The van der Waals surface area contributed by atoms with Crippen molar-refractivity contribution in [3.63, 3.8) is 0 Å². The van der Waals surface area contributed by atoms with Crippen molar-refractivity contribution < 1.29 is 32.0 Å². The fourth-order valence-electron chi connectivity index (χ4n) is 3.49. The lowest BCUT2D eigenvalue weighted by molar-refractivity contribution is -0.384. The number of ether oxygens (including phenoxy) is 1. The molecule has 8 nitrogen and oxygen atoms in total. The Morgan fingerprint density at radius 3 is 2.42 bits per heavy atom. The number of carbonyl (C=O) groups is 1. The van der Waals surface area contributed by atoms with Gasteiger partial charge in [0.1, 0.15) is 11.5 Å². The van der Waals surface area contributed by atoms with Gasteiger partial charge in [-0.25, -0.2) is 4.39 Å². The van der Waals surface area contributed by atoms with E-state index in [1.54, 1.807) is 12.1 Å². The summed E-state index contributed by atoms with van der Waals surface area (Å²) in [4.78, 5) is 24.7. The number of rotatable bonds is 8. The third-order valence-electron chi connectivity index (χ3n) is 5.19. The molecule has 2 aromatic rings. The fraction of sp³-hybridized carbons (Fsp3) is 0.381. The highest BCUT2D eigenvalue weighted by Crippen LogP contribution is 2.34. The monoisotopic (exact) mass is 470 g/mol. The molecule has 2 aromatic carbocycles. The molecule has 33 heavy (non-hydrogen) atoms. The lowest BCUT2D eigenvalue weighted by Gasteiger charge is -2.35. The number of carbonyl (C=O) groups excluding carboxylic acids is 1. The fourth-order valence-corrected chi connectivity index (χ4v) is 3.49. The Kier molecular flexibility index (Phi) is 7.82. The van der Waals surface area contributed by atoms with E-state index in [9.17, 15) is 32.5 Å². The summed E-state index contributed by atoms with van der Waals surface area (Å²) in [5.41, 5.74) is -1.34. The van der Waals surface area contributed by atoms with Crippen molar-refractivity contribution in [2.75, 3.05) is 44.7 Å². The number of benzene rings is 2. The van der Waals surface area contributed by atoms with E-state index in [-0.39, 0.29) is 30.6 Å². The highest BCUT2D eigenvalue weighted by molar-refractivity contribution is 5.81. The minimum atomic E-state index is -4.73. The molecule has 2 N–H and O–H groups in total. The van der Waals surface area contributed by atoms with Gasteiger partial charge < -0.3 is 15.4 Å². The van der Waals surface area contributed by atoms with Crippen molar-refractivity contribution in [3.05, 3.63) is 69.5 Å². The number of anilines is 1. The number of alkyl halides is 3. The van der Waals surface area contributed by atoms with Gasteiger partial charge >= 0.3 is 6.18 Å². The van der Waals surface area contributed by atoms with Crippen LogP contribution in [0.25, 0.3) is 0 Å². The van der Waals surface area contributed by atoms with Crippen molar-refractivity contribution >= 4 is 17.3 Å². The molecule has 178 valence electrons. The molecule has 3 rings (SSSR count). The summed E-state index contributed by atoms with van der Waals surface area (Å²) in [6.07, 6.45) is -4.73. The molecule has 0 radical (unpaired) electrons. The predicted octanol–water partition coefficient (Wildman–Crippen LogP) is 3.35. The Bertz CT molecular complexity index is 979. The van der Waals surface area contributed by atoms with E-state index in [0.717, 1.165) is 11.6 Å². The van der Waals surface area contributed by atoms with Crippen LogP contribution >= 0.6 is 0 Å². The van der Waals surface area contributed by atoms with Crippen LogP contribution in [-0.2, 0) is 15.7 Å². The molecule has 0 spiro atoms. The van der Waals surface area contributed by atoms with Gasteiger partial charge in [0.2, 0.25) is 5.91 Å². The first-order valence-corrected chi connectivity index (χ1v) is 10.1. The standard InChI is InChI=1S/C21H22F4N4O4/c22-16-4-1-14(2-5-16)19(28-7-9-33-10-8-28)12-27-20(30)13-26-17-6-3-15(21(23,24)25)11-18(17)29(31)32/h1-6,11,19,26H,7-10,12-13H2,(H,27,30)/t19-/m1/s1. The van der Waals surface area contributed by atoms with Crippen molar-refractivity contribution in [1.29, 1.82) is 0 Å². The number of morpholine rings is 1. The summed E-state index contributed by atoms with van der Waals surface area (Å²) >= 11 is 0. The van der Waals surface area contributed by atoms with Crippen LogP contribution in [0.5, 0.6) is 0 Å². The number of hydrogen-bond acceptors (Lipinski definition) is 6. The van der Waals surface area contributed by atoms with Gasteiger partial charge in [-0.05, 0) is 29.8 Å². The molecular formula is C21H22F4N4O4.